The Morgan fingerprint density at radius 2 is 2.04 bits per heavy atom. The van der Waals surface area contributed by atoms with Gasteiger partial charge in [0, 0.05) is 28.7 Å². The molecule has 0 aliphatic heterocycles. The number of benzene rings is 2. The van der Waals surface area contributed by atoms with Crippen molar-refractivity contribution in [2.45, 2.75) is 0 Å². The van der Waals surface area contributed by atoms with Crippen molar-refractivity contribution < 1.29 is 8.78 Å². The number of aromatic amines is 1. The normalized spacial score (nSPS) is 11.0. The van der Waals surface area contributed by atoms with E-state index in [-0.39, 0.29) is 10.8 Å². The fourth-order valence-electron chi connectivity index (χ4n) is 2.12. The van der Waals surface area contributed by atoms with E-state index in [0.717, 1.165) is 28.6 Å². The van der Waals surface area contributed by atoms with Crippen LogP contribution in [-0.2, 0) is 0 Å². The van der Waals surface area contributed by atoms with Crippen molar-refractivity contribution in [2.24, 2.45) is 5.10 Å². The third-order valence-electron chi connectivity index (χ3n) is 3.18. The molecule has 0 aliphatic carbocycles. The Labute approximate surface area is 136 Å². The minimum atomic E-state index is -0.727. The van der Waals surface area contributed by atoms with Gasteiger partial charge in [-0.3, -0.25) is 5.43 Å². The number of H-pyrrole nitrogens is 1. The van der Waals surface area contributed by atoms with Gasteiger partial charge < -0.3 is 10.3 Å². The van der Waals surface area contributed by atoms with E-state index in [0.29, 0.717) is 0 Å². The van der Waals surface area contributed by atoms with Crippen LogP contribution in [0.2, 0.25) is 0 Å². The zero-order valence-corrected chi connectivity index (χ0v) is 12.6. The number of halogens is 2. The molecule has 0 bridgehead atoms. The Balaban J connectivity index is 1.65. The first-order valence-corrected chi connectivity index (χ1v) is 7.15. The van der Waals surface area contributed by atoms with E-state index in [4.69, 9.17) is 12.2 Å². The molecular weight excluding hydrogens is 318 g/mol. The monoisotopic (exact) mass is 330 g/mol. The number of fused-ring (bicyclic) bond motifs is 1. The lowest BCUT2D eigenvalue weighted by Crippen LogP contribution is -2.24. The Morgan fingerprint density at radius 3 is 2.87 bits per heavy atom. The van der Waals surface area contributed by atoms with E-state index in [1.165, 1.54) is 6.07 Å². The zero-order valence-electron chi connectivity index (χ0n) is 11.8. The van der Waals surface area contributed by atoms with E-state index < -0.39 is 11.6 Å². The second-order valence-electron chi connectivity index (χ2n) is 4.73. The van der Waals surface area contributed by atoms with Crippen LogP contribution in [-0.4, -0.2) is 16.3 Å². The molecule has 3 N–H and O–H groups in total. The highest BCUT2D eigenvalue weighted by atomic mass is 32.1. The van der Waals surface area contributed by atoms with Crippen LogP contribution in [0.3, 0.4) is 0 Å². The Morgan fingerprint density at radius 1 is 1.17 bits per heavy atom. The maximum atomic E-state index is 13.5. The Hall–Kier alpha value is -2.80. The molecule has 0 spiro atoms. The summed E-state index contributed by atoms with van der Waals surface area (Å²) in [5.41, 5.74) is 4.59. The molecule has 116 valence electrons. The highest BCUT2D eigenvalue weighted by Crippen LogP contribution is 2.16. The molecule has 0 aliphatic rings. The van der Waals surface area contributed by atoms with Crippen LogP contribution in [0.1, 0.15) is 5.56 Å². The maximum absolute atomic E-state index is 13.5. The Kier molecular flexibility index (Phi) is 4.29. The minimum absolute atomic E-state index is 0.0758. The van der Waals surface area contributed by atoms with Crippen molar-refractivity contribution >= 4 is 40.1 Å². The number of hydrazone groups is 1. The van der Waals surface area contributed by atoms with Crippen LogP contribution in [0.4, 0.5) is 14.5 Å². The van der Waals surface area contributed by atoms with Crippen LogP contribution >= 0.6 is 12.2 Å². The van der Waals surface area contributed by atoms with E-state index in [2.05, 4.69) is 20.8 Å². The second kappa shape index (κ2) is 6.53. The van der Waals surface area contributed by atoms with Crippen molar-refractivity contribution in [1.82, 2.24) is 10.4 Å². The molecule has 0 amide bonds. The molecule has 3 rings (SSSR count). The van der Waals surface area contributed by atoms with Gasteiger partial charge in [-0.25, -0.2) is 8.78 Å². The Bertz CT molecular complexity index is 889. The van der Waals surface area contributed by atoms with Gasteiger partial charge in [-0.15, -0.1) is 0 Å². The third kappa shape index (κ3) is 3.51. The van der Waals surface area contributed by atoms with Crippen molar-refractivity contribution in [2.75, 3.05) is 5.32 Å². The lowest BCUT2D eigenvalue weighted by atomic mass is 10.1. The number of nitrogens with zero attached hydrogens (tertiary/aromatic N) is 1. The molecule has 1 heterocycles. The van der Waals surface area contributed by atoms with Crippen LogP contribution in [0.25, 0.3) is 10.9 Å². The summed E-state index contributed by atoms with van der Waals surface area (Å²) in [5.74, 6) is -1.38. The number of thiocarbonyl (C=S) groups is 1. The van der Waals surface area contributed by atoms with Gasteiger partial charge in [-0.1, -0.05) is 12.1 Å². The molecule has 2 aromatic carbocycles. The van der Waals surface area contributed by atoms with Crippen LogP contribution in [0.5, 0.6) is 0 Å². The predicted octanol–water partition coefficient (Wildman–Crippen LogP) is 3.77. The number of hydrogen-bond donors (Lipinski definition) is 3. The minimum Gasteiger partial charge on any atom is -0.361 e. The van der Waals surface area contributed by atoms with Crippen molar-refractivity contribution in [3.63, 3.8) is 0 Å². The lowest BCUT2D eigenvalue weighted by Gasteiger charge is -2.07. The molecule has 0 saturated carbocycles. The summed E-state index contributed by atoms with van der Waals surface area (Å²) in [5, 5.41) is 7.77. The number of anilines is 1. The highest BCUT2D eigenvalue weighted by molar-refractivity contribution is 7.80. The fraction of sp³-hybridized carbons (Fsp3) is 0. The van der Waals surface area contributed by atoms with Crippen molar-refractivity contribution in [1.29, 1.82) is 0 Å². The first-order valence-electron chi connectivity index (χ1n) is 6.75. The standard InChI is InChI=1S/C16H12F2N4S/c17-11-4-5-15(13(18)8-11)21-16(23)22-20-9-10-2-1-3-14-12(10)6-7-19-14/h1-9,19H,(H2,21,22,23). The topological polar surface area (TPSA) is 52.2 Å². The summed E-state index contributed by atoms with van der Waals surface area (Å²) >= 11 is 5.02. The van der Waals surface area contributed by atoms with Gasteiger partial charge in [0.1, 0.15) is 11.6 Å². The molecule has 3 aromatic rings. The van der Waals surface area contributed by atoms with E-state index >= 15 is 0 Å². The van der Waals surface area contributed by atoms with Gasteiger partial charge >= 0.3 is 0 Å². The number of aromatic nitrogens is 1. The summed E-state index contributed by atoms with van der Waals surface area (Å²) in [7, 11) is 0. The fourth-order valence-corrected chi connectivity index (χ4v) is 2.29. The summed E-state index contributed by atoms with van der Waals surface area (Å²) in [4.78, 5) is 3.11. The third-order valence-corrected chi connectivity index (χ3v) is 3.37. The molecule has 0 fully saturated rings. The van der Waals surface area contributed by atoms with E-state index in [9.17, 15) is 8.78 Å². The first kappa shape index (κ1) is 15.1. The summed E-state index contributed by atoms with van der Waals surface area (Å²) in [6.45, 7) is 0. The SMILES string of the molecule is Fc1ccc(NC(=S)NN=Cc2cccc3[nH]ccc23)c(F)c1. The van der Waals surface area contributed by atoms with Crippen LogP contribution in [0.15, 0.2) is 53.8 Å². The molecule has 0 unspecified atom stereocenters. The largest absolute Gasteiger partial charge is 0.361 e. The van der Waals surface area contributed by atoms with Crippen molar-refractivity contribution in [3.8, 4) is 0 Å². The van der Waals surface area contributed by atoms with Crippen molar-refractivity contribution in [3.05, 3.63) is 65.9 Å². The van der Waals surface area contributed by atoms with E-state index in [1.54, 1.807) is 6.21 Å². The molecule has 1 aromatic heterocycles. The lowest BCUT2D eigenvalue weighted by molar-refractivity contribution is 0.586. The summed E-state index contributed by atoms with van der Waals surface area (Å²) in [6.07, 6.45) is 3.46. The quantitative estimate of drug-likeness (QED) is 0.389. The first-order chi connectivity index (χ1) is 11.1. The molecule has 7 heteroatoms. The molecule has 4 nitrogen and oxygen atoms in total. The molecule has 0 radical (unpaired) electrons. The van der Waals surface area contributed by atoms with Crippen LogP contribution < -0.4 is 10.7 Å². The number of nitrogens with one attached hydrogen (secondary N) is 3. The van der Waals surface area contributed by atoms with Gasteiger partial charge in [-0.2, -0.15) is 5.10 Å². The zero-order chi connectivity index (χ0) is 16.2. The maximum Gasteiger partial charge on any atom is 0.191 e. The molecular formula is C16H12F2N4S. The van der Waals surface area contributed by atoms with Crippen LogP contribution in [0, 0.1) is 11.6 Å². The summed E-state index contributed by atoms with van der Waals surface area (Å²) in [6, 6.07) is 10.9. The number of rotatable bonds is 3. The van der Waals surface area contributed by atoms with Gasteiger partial charge in [0.25, 0.3) is 0 Å². The van der Waals surface area contributed by atoms with Gasteiger partial charge in [0.2, 0.25) is 0 Å². The highest BCUT2D eigenvalue weighted by Gasteiger charge is 2.05. The average Bonchev–Trinajstić information content (AvgIpc) is 2.99. The molecule has 23 heavy (non-hydrogen) atoms. The van der Waals surface area contributed by atoms with E-state index in [1.807, 2.05) is 30.5 Å². The second-order valence-corrected chi connectivity index (χ2v) is 5.14. The number of hydrogen-bond acceptors (Lipinski definition) is 2. The van der Waals surface area contributed by atoms with Gasteiger partial charge in [-0.05, 0) is 36.5 Å². The predicted molar refractivity (Wildman–Crippen MR) is 91.6 cm³/mol. The molecule has 0 atom stereocenters. The smallest absolute Gasteiger partial charge is 0.191 e. The molecule has 0 saturated heterocycles. The van der Waals surface area contributed by atoms with Gasteiger partial charge in [0.05, 0.1) is 11.9 Å². The summed E-state index contributed by atoms with van der Waals surface area (Å²) < 4.78 is 26.3. The average molecular weight is 330 g/mol. The van der Waals surface area contributed by atoms with Gasteiger partial charge in [0.15, 0.2) is 5.11 Å².